The minimum Gasteiger partial charge on any atom is -0.323 e. The zero-order valence-electron chi connectivity index (χ0n) is 12.4. The van der Waals surface area contributed by atoms with Crippen LogP contribution in [0.2, 0.25) is 0 Å². The lowest BCUT2D eigenvalue weighted by Gasteiger charge is -2.43. The van der Waals surface area contributed by atoms with Gasteiger partial charge in [0.15, 0.2) is 5.78 Å². The molecule has 22 heavy (non-hydrogen) atoms. The second-order valence-corrected chi connectivity index (χ2v) is 5.44. The first-order chi connectivity index (χ1) is 10.7. The number of carbonyl (C=O) groups excluding carboxylic acids is 2. The van der Waals surface area contributed by atoms with Crippen LogP contribution >= 0.6 is 0 Å². The monoisotopic (exact) mass is 291 g/mol. The first-order valence-corrected chi connectivity index (χ1v) is 7.29. The fourth-order valence-electron chi connectivity index (χ4n) is 2.80. The Balaban J connectivity index is 1.92. The summed E-state index contributed by atoms with van der Waals surface area (Å²) >= 11 is 0. The Morgan fingerprint density at radius 1 is 1.05 bits per heavy atom. The van der Waals surface area contributed by atoms with Crippen molar-refractivity contribution in [2.75, 3.05) is 0 Å². The van der Waals surface area contributed by atoms with E-state index >= 15 is 0 Å². The fourth-order valence-corrected chi connectivity index (χ4v) is 2.80. The molecular weight excluding hydrogens is 274 g/mol. The van der Waals surface area contributed by atoms with Crippen LogP contribution in [-0.4, -0.2) is 16.6 Å². The van der Waals surface area contributed by atoms with Gasteiger partial charge in [-0.05, 0) is 24.1 Å². The molecule has 2 aromatic carbocycles. The summed E-state index contributed by atoms with van der Waals surface area (Å²) in [5.74, 6) is -0.156. The summed E-state index contributed by atoms with van der Waals surface area (Å²) in [5, 5.41) is 0. The molecule has 0 aromatic heterocycles. The number of carbonyl (C=O) groups is 2. The number of benzene rings is 2. The van der Waals surface area contributed by atoms with E-state index < -0.39 is 0 Å². The molecule has 3 heteroatoms. The van der Waals surface area contributed by atoms with Crippen LogP contribution < -0.4 is 0 Å². The second-order valence-electron chi connectivity index (χ2n) is 5.44. The van der Waals surface area contributed by atoms with Gasteiger partial charge in [-0.25, -0.2) is 0 Å². The SMILES string of the molecule is CC(=O)/C=C1/C(=O)N(Cc2ccccc2)C1c1ccccc1. The van der Waals surface area contributed by atoms with E-state index in [-0.39, 0.29) is 17.7 Å². The lowest BCUT2D eigenvalue weighted by molar-refractivity contribution is -0.138. The highest BCUT2D eigenvalue weighted by molar-refractivity contribution is 6.07. The van der Waals surface area contributed by atoms with Crippen molar-refractivity contribution in [3.05, 3.63) is 83.4 Å². The van der Waals surface area contributed by atoms with Crippen molar-refractivity contribution in [2.24, 2.45) is 0 Å². The van der Waals surface area contributed by atoms with Crippen LogP contribution in [0.3, 0.4) is 0 Å². The standard InChI is InChI=1S/C19H17NO2/c1-14(21)12-17-18(16-10-6-3-7-11-16)20(19(17)22)13-15-8-4-2-5-9-15/h2-12,18H,13H2,1H3/b17-12+. The average molecular weight is 291 g/mol. The van der Waals surface area contributed by atoms with E-state index in [0.717, 1.165) is 11.1 Å². The molecule has 0 N–H and O–H groups in total. The second kappa shape index (κ2) is 5.98. The molecule has 1 unspecified atom stereocenters. The summed E-state index contributed by atoms with van der Waals surface area (Å²) < 4.78 is 0. The lowest BCUT2D eigenvalue weighted by Crippen LogP contribution is -2.48. The summed E-state index contributed by atoms with van der Waals surface area (Å²) in [6, 6.07) is 19.6. The highest BCUT2D eigenvalue weighted by Crippen LogP contribution is 2.40. The third-order valence-corrected chi connectivity index (χ3v) is 3.78. The lowest BCUT2D eigenvalue weighted by atomic mass is 9.86. The number of amides is 1. The topological polar surface area (TPSA) is 37.4 Å². The highest BCUT2D eigenvalue weighted by Gasteiger charge is 2.42. The Morgan fingerprint density at radius 3 is 2.23 bits per heavy atom. The van der Waals surface area contributed by atoms with Gasteiger partial charge in [-0.3, -0.25) is 9.59 Å². The molecule has 1 aliphatic heterocycles. The van der Waals surface area contributed by atoms with Crippen molar-refractivity contribution in [3.8, 4) is 0 Å². The van der Waals surface area contributed by atoms with Gasteiger partial charge < -0.3 is 4.90 Å². The molecule has 1 amide bonds. The summed E-state index contributed by atoms with van der Waals surface area (Å²) in [6.45, 7) is 2.02. The van der Waals surface area contributed by atoms with Crippen molar-refractivity contribution in [1.29, 1.82) is 0 Å². The Morgan fingerprint density at radius 2 is 1.64 bits per heavy atom. The number of hydrogen-bond acceptors (Lipinski definition) is 2. The van der Waals surface area contributed by atoms with Crippen LogP contribution in [0, 0.1) is 0 Å². The van der Waals surface area contributed by atoms with Gasteiger partial charge in [0, 0.05) is 12.1 Å². The van der Waals surface area contributed by atoms with E-state index in [0.29, 0.717) is 12.1 Å². The fraction of sp³-hybridized carbons (Fsp3) is 0.158. The van der Waals surface area contributed by atoms with Crippen molar-refractivity contribution >= 4 is 11.7 Å². The van der Waals surface area contributed by atoms with E-state index in [4.69, 9.17) is 0 Å². The number of hydrogen-bond donors (Lipinski definition) is 0. The molecule has 2 aromatic rings. The summed E-state index contributed by atoms with van der Waals surface area (Å²) in [6.07, 6.45) is 1.46. The zero-order chi connectivity index (χ0) is 15.5. The minimum absolute atomic E-state index is 0.0621. The summed E-state index contributed by atoms with van der Waals surface area (Å²) in [4.78, 5) is 25.6. The van der Waals surface area contributed by atoms with Crippen molar-refractivity contribution < 1.29 is 9.59 Å². The number of ketones is 1. The van der Waals surface area contributed by atoms with Crippen molar-refractivity contribution in [2.45, 2.75) is 19.5 Å². The first kappa shape index (κ1) is 14.3. The predicted octanol–water partition coefficient (Wildman–Crippen LogP) is 3.29. The number of β-lactam (4-membered cyclic amide) rings is 1. The Bertz CT molecular complexity index is 720. The van der Waals surface area contributed by atoms with E-state index in [1.165, 1.54) is 13.0 Å². The average Bonchev–Trinajstić information content (AvgIpc) is 2.55. The highest BCUT2D eigenvalue weighted by atomic mass is 16.2. The van der Waals surface area contributed by atoms with Crippen LogP contribution in [0.25, 0.3) is 0 Å². The molecule has 0 bridgehead atoms. The maximum absolute atomic E-state index is 12.4. The van der Waals surface area contributed by atoms with Gasteiger partial charge in [0.2, 0.25) is 0 Å². The number of allylic oxidation sites excluding steroid dienone is 1. The van der Waals surface area contributed by atoms with E-state index in [2.05, 4.69) is 0 Å². The number of nitrogens with zero attached hydrogens (tertiary/aromatic N) is 1. The van der Waals surface area contributed by atoms with Crippen LogP contribution in [0.4, 0.5) is 0 Å². The third kappa shape index (κ3) is 2.70. The Labute approximate surface area is 129 Å². The van der Waals surface area contributed by atoms with Crippen LogP contribution in [0.5, 0.6) is 0 Å². The maximum atomic E-state index is 12.4. The maximum Gasteiger partial charge on any atom is 0.253 e. The van der Waals surface area contributed by atoms with Crippen LogP contribution in [0.15, 0.2) is 72.3 Å². The molecule has 1 heterocycles. The van der Waals surface area contributed by atoms with Gasteiger partial charge in [0.25, 0.3) is 5.91 Å². The van der Waals surface area contributed by atoms with Crippen LogP contribution in [0.1, 0.15) is 24.1 Å². The first-order valence-electron chi connectivity index (χ1n) is 7.29. The van der Waals surface area contributed by atoms with Gasteiger partial charge in [-0.15, -0.1) is 0 Å². The Hall–Kier alpha value is -2.68. The largest absolute Gasteiger partial charge is 0.323 e. The molecule has 1 atom stereocenters. The van der Waals surface area contributed by atoms with Gasteiger partial charge in [0.1, 0.15) is 0 Å². The molecule has 110 valence electrons. The molecular formula is C19H17NO2. The van der Waals surface area contributed by atoms with E-state index in [1.807, 2.05) is 60.7 Å². The molecule has 1 saturated heterocycles. The van der Waals surface area contributed by atoms with Gasteiger partial charge in [-0.1, -0.05) is 60.7 Å². The third-order valence-electron chi connectivity index (χ3n) is 3.78. The molecule has 3 rings (SSSR count). The van der Waals surface area contributed by atoms with Gasteiger partial charge in [-0.2, -0.15) is 0 Å². The molecule has 0 saturated carbocycles. The molecule has 0 aliphatic carbocycles. The Kier molecular flexibility index (Phi) is 3.88. The van der Waals surface area contributed by atoms with Gasteiger partial charge in [0.05, 0.1) is 6.04 Å². The van der Waals surface area contributed by atoms with E-state index in [9.17, 15) is 9.59 Å². The quantitative estimate of drug-likeness (QED) is 0.640. The normalized spacial score (nSPS) is 19.1. The summed E-state index contributed by atoms with van der Waals surface area (Å²) in [7, 11) is 0. The molecule has 1 aliphatic rings. The molecule has 0 radical (unpaired) electrons. The molecule has 3 nitrogen and oxygen atoms in total. The number of rotatable bonds is 4. The van der Waals surface area contributed by atoms with Crippen LogP contribution in [-0.2, 0) is 16.1 Å². The minimum atomic E-state index is -0.141. The smallest absolute Gasteiger partial charge is 0.253 e. The van der Waals surface area contributed by atoms with Crippen molar-refractivity contribution in [3.63, 3.8) is 0 Å². The zero-order valence-corrected chi connectivity index (χ0v) is 12.4. The predicted molar refractivity (Wildman–Crippen MR) is 84.9 cm³/mol. The molecule has 0 spiro atoms. The number of likely N-dealkylation sites (tertiary alicyclic amines) is 1. The van der Waals surface area contributed by atoms with E-state index in [1.54, 1.807) is 4.90 Å². The summed E-state index contributed by atoms with van der Waals surface area (Å²) in [5.41, 5.74) is 2.69. The molecule has 1 fully saturated rings. The van der Waals surface area contributed by atoms with Crippen molar-refractivity contribution in [1.82, 2.24) is 4.90 Å². The van der Waals surface area contributed by atoms with Gasteiger partial charge >= 0.3 is 0 Å².